The quantitative estimate of drug-likeness (QED) is 0.510. The van der Waals surface area contributed by atoms with Crippen molar-refractivity contribution in [2.24, 2.45) is 0 Å². The molecule has 0 heterocycles. The Morgan fingerprint density at radius 2 is 1.62 bits per heavy atom. The summed E-state index contributed by atoms with van der Waals surface area (Å²) in [5, 5.41) is 35.6. The van der Waals surface area contributed by atoms with Crippen LogP contribution in [0.3, 0.4) is 0 Å². The monoisotopic (exact) mass is 182 g/mol. The standard InChI is InChI=1S/C9H10O4/c10-3-1-2-6-4-7(11)9(13)8(12)5-6/h1-2,4-5,10-13H,3H2. The number of aromatic hydroxyl groups is 3. The zero-order chi connectivity index (χ0) is 9.84. The van der Waals surface area contributed by atoms with Gasteiger partial charge >= 0.3 is 0 Å². The normalized spacial score (nSPS) is 10.8. The fourth-order valence-electron chi connectivity index (χ4n) is 0.910. The minimum atomic E-state index is -0.541. The molecule has 0 aliphatic carbocycles. The summed E-state index contributed by atoms with van der Waals surface area (Å²) in [7, 11) is 0. The number of rotatable bonds is 2. The molecule has 0 fully saturated rings. The molecule has 0 unspecified atom stereocenters. The first kappa shape index (κ1) is 9.41. The molecule has 0 aliphatic rings. The molecule has 0 radical (unpaired) electrons. The van der Waals surface area contributed by atoms with Gasteiger partial charge in [0.05, 0.1) is 6.61 Å². The lowest BCUT2D eigenvalue weighted by Crippen LogP contribution is -1.77. The van der Waals surface area contributed by atoms with Gasteiger partial charge in [0.1, 0.15) is 0 Å². The van der Waals surface area contributed by atoms with E-state index in [1.54, 1.807) is 0 Å². The minimum absolute atomic E-state index is 0.123. The lowest BCUT2D eigenvalue weighted by molar-refractivity contribution is 0.343. The fraction of sp³-hybridized carbons (Fsp3) is 0.111. The van der Waals surface area contributed by atoms with Crippen molar-refractivity contribution >= 4 is 6.08 Å². The smallest absolute Gasteiger partial charge is 0.200 e. The van der Waals surface area contributed by atoms with E-state index in [-0.39, 0.29) is 6.61 Å². The van der Waals surface area contributed by atoms with E-state index in [4.69, 9.17) is 20.4 Å². The molecule has 0 amide bonds. The summed E-state index contributed by atoms with van der Waals surface area (Å²) >= 11 is 0. The fourth-order valence-corrected chi connectivity index (χ4v) is 0.910. The molecule has 4 nitrogen and oxygen atoms in total. The Kier molecular flexibility index (Phi) is 2.76. The molecule has 0 saturated carbocycles. The van der Waals surface area contributed by atoms with Crippen LogP contribution in [-0.4, -0.2) is 27.0 Å². The third-order valence-electron chi connectivity index (χ3n) is 1.51. The van der Waals surface area contributed by atoms with Crippen LogP contribution in [-0.2, 0) is 0 Å². The van der Waals surface area contributed by atoms with Gasteiger partial charge in [0.15, 0.2) is 17.2 Å². The molecule has 0 saturated heterocycles. The van der Waals surface area contributed by atoms with E-state index in [9.17, 15) is 0 Å². The number of aliphatic hydroxyl groups excluding tert-OH is 1. The summed E-state index contributed by atoms with van der Waals surface area (Å²) in [4.78, 5) is 0. The maximum absolute atomic E-state index is 9.07. The highest BCUT2D eigenvalue weighted by Crippen LogP contribution is 2.35. The van der Waals surface area contributed by atoms with E-state index in [0.717, 1.165) is 0 Å². The van der Waals surface area contributed by atoms with Gasteiger partial charge < -0.3 is 20.4 Å². The van der Waals surface area contributed by atoms with Crippen molar-refractivity contribution in [1.82, 2.24) is 0 Å². The molecule has 0 aromatic heterocycles. The largest absolute Gasteiger partial charge is 0.504 e. The first-order valence-electron chi connectivity index (χ1n) is 3.67. The van der Waals surface area contributed by atoms with E-state index in [1.807, 2.05) is 0 Å². The van der Waals surface area contributed by atoms with E-state index < -0.39 is 17.2 Å². The molecule has 0 bridgehead atoms. The topological polar surface area (TPSA) is 80.9 Å². The average molecular weight is 182 g/mol. The Bertz CT molecular complexity index is 307. The van der Waals surface area contributed by atoms with Gasteiger partial charge in [-0.2, -0.15) is 0 Å². The Morgan fingerprint density at radius 1 is 1.08 bits per heavy atom. The molecule has 0 atom stereocenters. The van der Waals surface area contributed by atoms with Crippen molar-refractivity contribution in [2.75, 3.05) is 6.61 Å². The molecule has 70 valence electrons. The highest BCUT2D eigenvalue weighted by atomic mass is 16.3. The lowest BCUT2D eigenvalue weighted by atomic mass is 10.1. The Hall–Kier alpha value is -1.68. The van der Waals surface area contributed by atoms with Crippen molar-refractivity contribution in [1.29, 1.82) is 0 Å². The van der Waals surface area contributed by atoms with Gasteiger partial charge in [-0.05, 0) is 17.7 Å². The molecule has 4 heteroatoms. The maximum atomic E-state index is 9.07. The maximum Gasteiger partial charge on any atom is 0.200 e. The first-order chi connectivity index (χ1) is 6.15. The highest BCUT2D eigenvalue weighted by Gasteiger charge is 2.05. The second-order valence-corrected chi connectivity index (χ2v) is 2.49. The van der Waals surface area contributed by atoms with Crippen molar-refractivity contribution < 1.29 is 20.4 Å². The van der Waals surface area contributed by atoms with Crippen LogP contribution in [0.2, 0.25) is 0 Å². The number of benzene rings is 1. The summed E-state index contributed by atoms with van der Waals surface area (Å²) in [5.74, 6) is -1.32. The van der Waals surface area contributed by atoms with Crippen LogP contribution in [0.25, 0.3) is 6.08 Å². The van der Waals surface area contributed by atoms with E-state index in [1.165, 1.54) is 24.3 Å². The zero-order valence-corrected chi connectivity index (χ0v) is 6.81. The van der Waals surface area contributed by atoms with Gasteiger partial charge in [-0.15, -0.1) is 0 Å². The summed E-state index contributed by atoms with van der Waals surface area (Å²) in [6.45, 7) is -0.123. The SMILES string of the molecule is OCC=Cc1cc(O)c(O)c(O)c1. The molecular formula is C9H10O4. The Balaban J connectivity index is 3.06. The average Bonchev–Trinajstić information content (AvgIpc) is 2.10. The van der Waals surface area contributed by atoms with Crippen LogP contribution in [0.1, 0.15) is 5.56 Å². The van der Waals surface area contributed by atoms with Crippen LogP contribution in [0.5, 0.6) is 17.2 Å². The van der Waals surface area contributed by atoms with Crippen LogP contribution >= 0.6 is 0 Å². The second kappa shape index (κ2) is 3.82. The van der Waals surface area contributed by atoms with E-state index in [2.05, 4.69) is 0 Å². The lowest BCUT2D eigenvalue weighted by Gasteiger charge is -2.01. The number of aliphatic hydroxyl groups is 1. The summed E-state index contributed by atoms with van der Waals surface area (Å²) in [6.07, 6.45) is 2.96. The molecule has 1 rings (SSSR count). The van der Waals surface area contributed by atoms with Crippen LogP contribution < -0.4 is 0 Å². The summed E-state index contributed by atoms with van der Waals surface area (Å²) in [5.41, 5.74) is 0.502. The molecule has 1 aromatic carbocycles. The van der Waals surface area contributed by atoms with Crippen molar-refractivity contribution in [3.05, 3.63) is 23.8 Å². The van der Waals surface area contributed by atoms with Crippen molar-refractivity contribution in [3.8, 4) is 17.2 Å². The van der Waals surface area contributed by atoms with Gasteiger partial charge in [0, 0.05) is 0 Å². The van der Waals surface area contributed by atoms with Crippen LogP contribution in [0.15, 0.2) is 18.2 Å². The third kappa shape index (κ3) is 2.13. The van der Waals surface area contributed by atoms with Crippen LogP contribution in [0.4, 0.5) is 0 Å². The third-order valence-corrected chi connectivity index (χ3v) is 1.51. The van der Waals surface area contributed by atoms with Gasteiger partial charge in [-0.3, -0.25) is 0 Å². The molecule has 4 N–H and O–H groups in total. The number of phenols is 3. The first-order valence-corrected chi connectivity index (χ1v) is 3.67. The van der Waals surface area contributed by atoms with Gasteiger partial charge in [0.25, 0.3) is 0 Å². The summed E-state index contributed by atoms with van der Waals surface area (Å²) in [6, 6.07) is 2.56. The number of hydrogen-bond donors (Lipinski definition) is 4. The Morgan fingerprint density at radius 3 is 2.08 bits per heavy atom. The number of hydrogen-bond acceptors (Lipinski definition) is 4. The second-order valence-electron chi connectivity index (χ2n) is 2.49. The van der Waals surface area contributed by atoms with Crippen LogP contribution in [0, 0.1) is 0 Å². The molecule has 13 heavy (non-hydrogen) atoms. The molecule has 1 aromatic rings. The van der Waals surface area contributed by atoms with Crippen molar-refractivity contribution in [2.45, 2.75) is 0 Å². The van der Waals surface area contributed by atoms with Crippen molar-refractivity contribution in [3.63, 3.8) is 0 Å². The van der Waals surface area contributed by atoms with Gasteiger partial charge in [-0.1, -0.05) is 12.2 Å². The molecule has 0 aliphatic heterocycles. The number of phenolic OH excluding ortho intramolecular Hbond substituents is 3. The highest BCUT2D eigenvalue weighted by molar-refractivity contribution is 5.60. The predicted molar refractivity (Wildman–Crippen MR) is 47.6 cm³/mol. The van der Waals surface area contributed by atoms with Gasteiger partial charge in [0.2, 0.25) is 0 Å². The Labute approximate surface area is 75.0 Å². The minimum Gasteiger partial charge on any atom is -0.504 e. The predicted octanol–water partition coefficient (Wildman–Crippen LogP) is 0.809. The molecular weight excluding hydrogens is 172 g/mol. The summed E-state index contributed by atoms with van der Waals surface area (Å²) < 4.78 is 0. The van der Waals surface area contributed by atoms with Gasteiger partial charge in [-0.25, -0.2) is 0 Å². The van der Waals surface area contributed by atoms with E-state index >= 15 is 0 Å². The molecule has 0 spiro atoms. The van der Waals surface area contributed by atoms with E-state index in [0.29, 0.717) is 5.56 Å². The zero-order valence-electron chi connectivity index (χ0n) is 6.81.